The van der Waals surface area contributed by atoms with Gasteiger partial charge in [0.1, 0.15) is 0 Å². The van der Waals surface area contributed by atoms with Gasteiger partial charge in [0, 0.05) is 18.5 Å². The van der Waals surface area contributed by atoms with E-state index in [1.165, 1.54) is 25.3 Å². The fourth-order valence-corrected chi connectivity index (χ4v) is 2.71. The number of nitrogens with zero attached hydrogens (tertiary/aromatic N) is 1. The Morgan fingerprint density at radius 1 is 1.19 bits per heavy atom. The van der Waals surface area contributed by atoms with Gasteiger partial charge >= 0.3 is 0 Å². The number of rotatable bonds is 9. The van der Waals surface area contributed by atoms with Gasteiger partial charge in [-0.2, -0.15) is 0 Å². The van der Waals surface area contributed by atoms with Crippen molar-refractivity contribution in [1.29, 1.82) is 0 Å². The molecule has 27 heavy (non-hydrogen) atoms. The number of ether oxygens (including phenoxy) is 2. The second kappa shape index (κ2) is 9.56. The molecule has 0 saturated carbocycles. The van der Waals surface area contributed by atoms with E-state index in [1.807, 2.05) is 30.3 Å². The lowest BCUT2D eigenvalue weighted by Crippen LogP contribution is -2.38. The lowest BCUT2D eigenvalue weighted by molar-refractivity contribution is -0.385. The number of nitro benzene ring substituents is 1. The van der Waals surface area contributed by atoms with Crippen LogP contribution in [0.5, 0.6) is 11.5 Å². The SMILES string of the molecule is CC[C@@H](CNC(=O)[C@@H](C)Oc1cc([N+](=O)[O-])ccc1OC)c1ccccc1. The van der Waals surface area contributed by atoms with Gasteiger partial charge in [-0.15, -0.1) is 0 Å². The van der Waals surface area contributed by atoms with E-state index in [0.717, 1.165) is 12.0 Å². The Bertz CT molecular complexity index is 779. The van der Waals surface area contributed by atoms with Gasteiger partial charge in [0.25, 0.3) is 11.6 Å². The van der Waals surface area contributed by atoms with Crippen molar-refractivity contribution in [2.24, 2.45) is 0 Å². The molecule has 0 aliphatic rings. The number of carbonyl (C=O) groups excluding carboxylic acids is 1. The first-order valence-electron chi connectivity index (χ1n) is 8.78. The molecule has 1 N–H and O–H groups in total. The van der Waals surface area contributed by atoms with E-state index in [-0.39, 0.29) is 23.3 Å². The van der Waals surface area contributed by atoms with Crippen LogP contribution in [0.15, 0.2) is 48.5 Å². The molecule has 7 nitrogen and oxygen atoms in total. The first kappa shape index (κ1) is 20.2. The summed E-state index contributed by atoms with van der Waals surface area (Å²) in [6.45, 7) is 4.15. The molecule has 0 unspecified atom stereocenters. The van der Waals surface area contributed by atoms with Gasteiger partial charge in [0.15, 0.2) is 17.6 Å². The number of benzene rings is 2. The maximum atomic E-state index is 12.4. The topological polar surface area (TPSA) is 90.7 Å². The van der Waals surface area contributed by atoms with Gasteiger partial charge in [-0.25, -0.2) is 0 Å². The lowest BCUT2D eigenvalue weighted by Gasteiger charge is -2.19. The summed E-state index contributed by atoms with van der Waals surface area (Å²) in [4.78, 5) is 22.8. The molecule has 1 amide bonds. The molecule has 2 rings (SSSR count). The third-order valence-corrected chi connectivity index (χ3v) is 4.32. The number of hydrogen-bond donors (Lipinski definition) is 1. The summed E-state index contributed by atoms with van der Waals surface area (Å²) in [5, 5.41) is 13.8. The van der Waals surface area contributed by atoms with E-state index < -0.39 is 11.0 Å². The molecule has 0 fully saturated rings. The average molecular weight is 372 g/mol. The minimum absolute atomic E-state index is 0.131. The summed E-state index contributed by atoms with van der Waals surface area (Å²) in [6.07, 6.45) is 0.0623. The molecule has 2 aromatic carbocycles. The van der Waals surface area contributed by atoms with Crippen LogP contribution in [-0.2, 0) is 4.79 Å². The summed E-state index contributed by atoms with van der Waals surface area (Å²) in [6, 6.07) is 14.0. The molecule has 2 aromatic rings. The Labute approximate surface area is 158 Å². The molecule has 0 spiro atoms. The smallest absolute Gasteiger partial charge is 0.273 e. The van der Waals surface area contributed by atoms with Crippen molar-refractivity contribution < 1.29 is 19.2 Å². The largest absolute Gasteiger partial charge is 0.493 e. The normalized spacial score (nSPS) is 12.7. The van der Waals surface area contributed by atoms with Crippen molar-refractivity contribution in [3.63, 3.8) is 0 Å². The Kier molecular flexibility index (Phi) is 7.16. The highest BCUT2D eigenvalue weighted by atomic mass is 16.6. The number of nitrogens with one attached hydrogen (secondary N) is 1. The minimum Gasteiger partial charge on any atom is -0.493 e. The molecule has 0 heterocycles. The Morgan fingerprint density at radius 2 is 1.89 bits per heavy atom. The molecule has 0 aromatic heterocycles. The predicted octanol–water partition coefficient (Wildman–Crippen LogP) is 3.68. The highest BCUT2D eigenvalue weighted by Gasteiger charge is 2.20. The van der Waals surface area contributed by atoms with E-state index in [0.29, 0.717) is 12.3 Å². The first-order valence-corrected chi connectivity index (χ1v) is 8.78. The second-order valence-corrected chi connectivity index (χ2v) is 6.11. The fraction of sp³-hybridized carbons (Fsp3) is 0.350. The summed E-state index contributed by atoms with van der Waals surface area (Å²) in [5.74, 6) is 0.396. The fourth-order valence-electron chi connectivity index (χ4n) is 2.71. The number of carbonyl (C=O) groups is 1. The monoisotopic (exact) mass is 372 g/mol. The molecular weight excluding hydrogens is 348 g/mol. The quantitative estimate of drug-likeness (QED) is 0.536. The molecule has 0 radical (unpaired) electrons. The van der Waals surface area contributed by atoms with Crippen molar-refractivity contribution in [1.82, 2.24) is 5.32 Å². The molecule has 7 heteroatoms. The van der Waals surface area contributed by atoms with Gasteiger partial charge in [0.2, 0.25) is 0 Å². The van der Waals surface area contributed by atoms with Gasteiger partial charge < -0.3 is 14.8 Å². The van der Waals surface area contributed by atoms with Gasteiger partial charge in [-0.3, -0.25) is 14.9 Å². The van der Waals surface area contributed by atoms with Crippen LogP contribution in [0.1, 0.15) is 31.7 Å². The van der Waals surface area contributed by atoms with Crippen LogP contribution in [0.2, 0.25) is 0 Å². The summed E-state index contributed by atoms with van der Waals surface area (Å²) in [5.41, 5.74) is 1.03. The van der Waals surface area contributed by atoms with Crippen LogP contribution >= 0.6 is 0 Å². The van der Waals surface area contributed by atoms with Crippen molar-refractivity contribution in [3.05, 3.63) is 64.2 Å². The van der Waals surface area contributed by atoms with Crippen LogP contribution in [0.4, 0.5) is 5.69 Å². The predicted molar refractivity (Wildman–Crippen MR) is 102 cm³/mol. The standard InChI is InChI=1S/C20H24N2O5/c1-4-15(16-8-6-5-7-9-16)13-21-20(23)14(2)27-19-12-17(22(24)25)10-11-18(19)26-3/h5-12,14-15H,4,13H2,1-3H3,(H,21,23)/t14-,15+/m1/s1. The first-order chi connectivity index (χ1) is 13.0. The zero-order chi connectivity index (χ0) is 19.8. The molecule has 0 bridgehead atoms. The second-order valence-electron chi connectivity index (χ2n) is 6.11. The lowest BCUT2D eigenvalue weighted by atomic mass is 9.96. The van der Waals surface area contributed by atoms with Crippen LogP contribution < -0.4 is 14.8 Å². The van der Waals surface area contributed by atoms with E-state index in [9.17, 15) is 14.9 Å². The van der Waals surface area contributed by atoms with Crippen molar-refractivity contribution in [2.45, 2.75) is 32.3 Å². The van der Waals surface area contributed by atoms with Gasteiger partial charge in [0.05, 0.1) is 18.1 Å². The maximum Gasteiger partial charge on any atom is 0.273 e. The highest BCUT2D eigenvalue weighted by molar-refractivity contribution is 5.80. The zero-order valence-electron chi connectivity index (χ0n) is 15.7. The Morgan fingerprint density at radius 3 is 2.48 bits per heavy atom. The molecule has 144 valence electrons. The molecule has 0 aliphatic carbocycles. The minimum atomic E-state index is -0.825. The molecule has 0 saturated heterocycles. The zero-order valence-corrected chi connectivity index (χ0v) is 15.7. The number of non-ortho nitro benzene ring substituents is 1. The van der Waals surface area contributed by atoms with Gasteiger partial charge in [-0.05, 0) is 25.0 Å². The van der Waals surface area contributed by atoms with Crippen molar-refractivity contribution >= 4 is 11.6 Å². The van der Waals surface area contributed by atoms with Crippen molar-refractivity contribution in [2.75, 3.05) is 13.7 Å². The third kappa shape index (κ3) is 5.44. The molecular formula is C20H24N2O5. The van der Waals surface area contributed by atoms with Gasteiger partial charge in [-0.1, -0.05) is 37.3 Å². The third-order valence-electron chi connectivity index (χ3n) is 4.32. The van der Waals surface area contributed by atoms with Crippen LogP contribution in [0.3, 0.4) is 0 Å². The van der Waals surface area contributed by atoms with E-state index >= 15 is 0 Å². The summed E-state index contributed by atoms with van der Waals surface area (Å²) >= 11 is 0. The maximum absolute atomic E-state index is 12.4. The van der Waals surface area contributed by atoms with Crippen LogP contribution in [0, 0.1) is 10.1 Å². The summed E-state index contributed by atoms with van der Waals surface area (Å²) < 4.78 is 10.8. The molecule has 0 aliphatic heterocycles. The number of nitro groups is 1. The number of methoxy groups -OCH3 is 1. The number of amides is 1. The van der Waals surface area contributed by atoms with E-state index in [1.54, 1.807) is 6.92 Å². The van der Waals surface area contributed by atoms with Crippen LogP contribution in [0.25, 0.3) is 0 Å². The van der Waals surface area contributed by atoms with Crippen LogP contribution in [-0.4, -0.2) is 30.6 Å². The summed E-state index contributed by atoms with van der Waals surface area (Å²) in [7, 11) is 1.43. The number of hydrogen-bond acceptors (Lipinski definition) is 5. The van der Waals surface area contributed by atoms with E-state index in [4.69, 9.17) is 9.47 Å². The van der Waals surface area contributed by atoms with Crippen molar-refractivity contribution in [3.8, 4) is 11.5 Å². The Hall–Kier alpha value is -3.09. The van der Waals surface area contributed by atoms with E-state index in [2.05, 4.69) is 12.2 Å². The highest BCUT2D eigenvalue weighted by Crippen LogP contribution is 2.32. The molecule has 2 atom stereocenters. The average Bonchev–Trinajstić information content (AvgIpc) is 2.68. The Balaban J connectivity index is 2.01.